The van der Waals surface area contributed by atoms with Crippen molar-refractivity contribution in [2.75, 3.05) is 19.5 Å². The zero-order chi connectivity index (χ0) is 24.9. The molecule has 5 nitrogen and oxygen atoms in total. The lowest BCUT2D eigenvalue weighted by Crippen LogP contribution is -2.61. The lowest BCUT2D eigenvalue weighted by atomic mass is 9.47. The summed E-state index contributed by atoms with van der Waals surface area (Å²) in [6.45, 7) is 9.20. The van der Waals surface area contributed by atoms with E-state index in [-0.39, 0.29) is 35.4 Å². The first kappa shape index (κ1) is 25.5. The second-order valence-corrected chi connectivity index (χ2v) is 11.9. The Balaban J connectivity index is 1.74. The van der Waals surface area contributed by atoms with Gasteiger partial charge in [-0.05, 0) is 87.2 Å². The number of carbonyl (C=O) groups is 3. The Kier molecular flexibility index (Phi) is 6.83. The van der Waals surface area contributed by atoms with Crippen molar-refractivity contribution in [1.29, 1.82) is 0 Å². The van der Waals surface area contributed by atoms with E-state index < -0.39 is 11.0 Å². The van der Waals surface area contributed by atoms with E-state index in [1.165, 1.54) is 11.1 Å². The van der Waals surface area contributed by atoms with Crippen LogP contribution in [0, 0.1) is 28.6 Å². The number of rotatable bonds is 6. The van der Waals surface area contributed by atoms with Gasteiger partial charge in [0, 0.05) is 37.7 Å². The largest absolute Gasteiger partial charge is 0.448 e. The van der Waals surface area contributed by atoms with Crippen molar-refractivity contribution in [1.82, 2.24) is 4.90 Å². The highest BCUT2D eigenvalue weighted by molar-refractivity contribution is 6.17. The molecule has 0 heterocycles. The highest BCUT2D eigenvalue weighted by Crippen LogP contribution is 2.68. The van der Waals surface area contributed by atoms with E-state index in [4.69, 9.17) is 16.3 Å². The Hall–Kier alpha value is -1.62. The number of ether oxygens (including phenoxy) is 1. The van der Waals surface area contributed by atoms with Crippen molar-refractivity contribution in [2.45, 2.75) is 84.7 Å². The number of amides is 1. The van der Waals surface area contributed by atoms with Crippen molar-refractivity contribution in [3.8, 4) is 0 Å². The summed E-state index contributed by atoms with van der Waals surface area (Å²) < 4.78 is 6.25. The Morgan fingerprint density at radius 1 is 1.18 bits per heavy atom. The van der Waals surface area contributed by atoms with Crippen LogP contribution in [-0.4, -0.2) is 47.6 Å². The number of alkyl halides is 1. The standard InChI is InChI=1S/C28H40ClNO4/c1-6-30(5)25(33)28(34-24(32)8-7-15-29)14-11-22-20-16-18(2)23-17-19(31)9-12-26(23,3)21(20)10-13-27(22,28)4/h16-17,20-22H,6-15H2,1-5H3/t20?,21?,22?,26-,27+,28-/m1/s1. The molecule has 0 aromatic rings. The third-order valence-electron chi connectivity index (χ3n) is 9.92. The lowest BCUT2D eigenvalue weighted by molar-refractivity contribution is -0.194. The molecule has 6 heteroatoms. The van der Waals surface area contributed by atoms with E-state index in [1.807, 2.05) is 13.0 Å². The van der Waals surface area contributed by atoms with Gasteiger partial charge < -0.3 is 9.64 Å². The van der Waals surface area contributed by atoms with Crippen LogP contribution in [-0.2, 0) is 19.1 Å². The Bertz CT molecular complexity index is 941. The molecular weight excluding hydrogens is 450 g/mol. The fraction of sp³-hybridized carbons (Fsp3) is 0.750. The number of ketones is 1. The first-order chi connectivity index (χ1) is 16.0. The lowest BCUT2D eigenvalue weighted by Gasteiger charge is -2.58. The van der Waals surface area contributed by atoms with E-state index in [1.54, 1.807) is 11.9 Å². The Labute approximate surface area is 209 Å². The van der Waals surface area contributed by atoms with Crippen LogP contribution in [0.2, 0.25) is 0 Å². The number of allylic oxidation sites excluding steroid dienone is 4. The molecule has 3 unspecified atom stereocenters. The molecule has 6 atom stereocenters. The molecule has 0 aliphatic heterocycles. The highest BCUT2D eigenvalue weighted by atomic mass is 35.5. The minimum atomic E-state index is -1.13. The number of fused-ring (bicyclic) bond motifs is 5. The van der Waals surface area contributed by atoms with E-state index >= 15 is 0 Å². The highest BCUT2D eigenvalue weighted by Gasteiger charge is 2.69. The van der Waals surface area contributed by atoms with Gasteiger partial charge in [-0.3, -0.25) is 14.4 Å². The molecule has 0 aromatic heterocycles. The molecule has 4 aliphatic rings. The van der Waals surface area contributed by atoms with Gasteiger partial charge in [0.2, 0.25) is 0 Å². The van der Waals surface area contributed by atoms with Crippen LogP contribution in [0.5, 0.6) is 0 Å². The van der Waals surface area contributed by atoms with Crippen LogP contribution in [0.4, 0.5) is 0 Å². The van der Waals surface area contributed by atoms with Crippen LogP contribution in [0.3, 0.4) is 0 Å². The number of hydrogen-bond acceptors (Lipinski definition) is 4. The molecule has 2 saturated carbocycles. The average Bonchev–Trinajstić information content (AvgIpc) is 3.11. The van der Waals surface area contributed by atoms with Crippen molar-refractivity contribution in [3.63, 3.8) is 0 Å². The monoisotopic (exact) mass is 489 g/mol. The van der Waals surface area contributed by atoms with Gasteiger partial charge in [0.15, 0.2) is 11.4 Å². The van der Waals surface area contributed by atoms with E-state index in [9.17, 15) is 14.4 Å². The van der Waals surface area contributed by atoms with Crippen molar-refractivity contribution in [2.24, 2.45) is 28.6 Å². The first-order valence-corrected chi connectivity index (χ1v) is 13.5. The van der Waals surface area contributed by atoms with Gasteiger partial charge in [0.1, 0.15) is 0 Å². The maximum absolute atomic E-state index is 13.9. The Morgan fingerprint density at radius 3 is 2.56 bits per heavy atom. The summed E-state index contributed by atoms with van der Waals surface area (Å²) in [5.74, 6) is 1.26. The van der Waals surface area contributed by atoms with Gasteiger partial charge in [0.25, 0.3) is 5.91 Å². The fourth-order valence-corrected chi connectivity index (χ4v) is 8.02. The first-order valence-electron chi connectivity index (χ1n) is 13.0. The molecule has 4 rings (SSSR count). The van der Waals surface area contributed by atoms with Crippen molar-refractivity contribution in [3.05, 3.63) is 23.3 Å². The summed E-state index contributed by atoms with van der Waals surface area (Å²) in [6, 6.07) is 0. The topological polar surface area (TPSA) is 63.7 Å². The predicted molar refractivity (Wildman–Crippen MR) is 133 cm³/mol. The molecule has 0 aromatic carbocycles. The van der Waals surface area contributed by atoms with Gasteiger partial charge in [-0.2, -0.15) is 0 Å². The van der Waals surface area contributed by atoms with Gasteiger partial charge in [-0.15, -0.1) is 11.6 Å². The van der Waals surface area contributed by atoms with Gasteiger partial charge in [-0.1, -0.05) is 25.5 Å². The second-order valence-electron chi connectivity index (χ2n) is 11.5. The maximum Gasteiger partial charge on any atom is 0.306 e. The molecule has 0 spiro atoms. The summed E-state index contributed by atoms with van der Waals surface area (Å²) in [7, 11) is 1.81. The molecule has 2 fully saturated rings. The number of carbonyl (C=O) groups excluding carboxylic acids is 3. The molecule has 0 radical (unpaired) electrons. The molecule has 188 valence electrons. The predicted octanol–water partition coefficient (Wildman–Crippen LogP) is 5.46. The van der Waals surface area contributed by atoms with Crippen LogP contribution < -0.4 is 0 Å². The molecule has 4 aliphatic carbocycles. The summed E-state index contributed by atoms with van der Waals surface area (Å²) in [5.41, 5.74) is 0.856. The number of likely N-dealkylation sites (N-methyl/N-ethyl adjacent to an activating group) is 1. The minimum absolute atomic E-state index is 0.00870. The SMILES string of the molecule is CCN(C)C(=O)[C@]1(OC(=O)CCCCl)CCC2C3C=C(C)C4=CC(=O)CC[C@]4(C)C3CC[C@@]21C. The van der Waals surface area contributed by atoms with Crippen LogP contribution in [0.1, 0.15) is 79.1 Å². The van der Waals surface area contributed by atoms with Crippen molar-refractivity contribution < 1.29 is 19.1 Å². The Morgan fingerprint density at radius 2 is 1.88 bits per heavy atom. The third kappa shape index (κ3) is 3.68. The fourth-order valence-electron chi connectivity index (χ4n) is 7.89. The van der Waals surface area contributed by atoms with E-state index in [0.29, 0.717) is 43.5 Å². The van der Waals surface area contributed by atoms with Crippen molar-refractivity contribution >= 4 is 29.3 Å². The third-order valence-corrected chi connectivity index (χ3v) is 10.2. The zero-order valence-electron chi connectivity index (χ0n) is 21.4. The molecule has 1 amide bonds. The number of nitrogens with zero attached hydrogens (tertiary/aromatic N) is 1. The van der Waals surface area contributed by atoms with Gasteiger partial charge >= 0.3 is 5.97 Å². The average molecular weight is 490 g/mol. The minimum Gasteiger partial charge on any atom is -0.448 e. The molecular formula is C28H40ClNO4. The summed E-state index contributed by atoms with van der Waals surface area (Å²) in [5, 5.41) is 0. The summed E-state index contributed by atoms with van der Waals surface area (Å²) in [4.78, 5) is 40.7. The normalized spacial score (nSPS) is 38.8. The van der Waals surface area contributed by atoms with Gasteiger partial charge in [0.05, 0.1) is 0 Å². The quantitative estimate of drug-likeness (QED) is 0.367. The molecule has 0 bridgehead atoms. The van der Waals surface area contributed by atoms with Crippen LogP contribution in [0.25, 0.3) is 0 Å². The second kappa shape index (κ2) is 9.11. The number of hydrogen-bond donors (Lipinski definition) is 0. The number of halogens is 1. The zero-order valence-corrected chi connectivity index (χ0v) is 22.2. The van der Waals surface area contributed by atoms with E-state index in [0.717, 1.165) is 25.7 Å². The maximum atomic E-state index is 13.9. The molecule has 34 heavy (non-hydrogen) atoms. The molecule has 0 saturated heterocycles. The summed E-state index contributed by atoms with van der Waals surface area (Å²) in [6.07, 6.45) is 9.79. The molecule has 0 N–H and O–H groups in total. The van der Waals surface area contributed by atoms with Crippen LogP contribution in [0.15, 0.2) is 23.3 Å². The number of esters is 1. The smallest absolute Gasteiger partial charge is 0.306 e. The van der Waals surface area contributed by atoms with Crippen LogP contribution >= 0.6 is 11.6 Å². The summed E-state index contributed by atoms with van der Waals surface area (Å²) >= 11 is 5.82. The van der Waals surface area contributed by atoms with E-state index in [2.05, 4.69) is 26.8 Å². The van der Waals surface area contributed by atoms with Gasteiger partial charge in [-0.25, -0.2) is 0 Å².